The third-order valence-corrected chi connectivity index (χ3v) is 6.04. The number of nitro groups is 1. The van der Waals surface area contributed by atoms with Crippen molar-refractivity contribution in [2.45, 2.75) is 51.6 Å². The molecule has 2 fully saturated rings. The molecule has 0 aromatic heterocycles. The molecule has 0 spiro atoms. The molecule has 2 aliphatic rings. The van der Waals surface area contributed by atoms with Crippen molar-refractivity contribution < 1.29 is 19.2 Å². The summed E-state index contributed by atoms with van der Waals surface area (Å²) in [4.78, 5) is 37.4. The molecule has 152 valence electrons. The molecule has 4 unspecified atom stereocenters. The molecule has 1 saturated carbocycles. The summed E-state index contributed by atoms with van der Waals surface area (Å²) < 4.78 is 4.59. The first kappa shape index (κ1) is 20.1. The first-order chi connectivity index (χ1) is 13.3. The van der Waals surface area contributed by atoms with Gasteiger partial charge in [-0.1, -0.05) is 19.8 Å². The van der Waals surface area contributed by atoms with Gasteiger partial charge in [-0.2, -0.15) is 0 Å². The van der Waals surface area contributed by atoms with E-state index in [0.29, 0.717) is 23.6 Å². The highest BCUT2D eigenvalue weighted by atomic mass is 16.6. The fourth-order valence-corrected chi connectivity index (χ4v) is 4.62. The molecule has 3 rings (SSSR count). The minimum absolute atomic E-state index is 0.0724. The summed E-state index contributed by atoms with van der Waals surface area (Å²) in [6.07, 6.45) is 4.58. The summed E-state index contributed by atoms with van der Waals surface area (Å²) in [6.45, 7) is 4.51. The molecule has 1 aromatic carbocycles. The molecule has 1 saturated heterocycles. The summed E-state index contributed by atoms with van der Waals surface area (Å²) in [6, 6.07) is 4.04. The Morgan fingerprint density at radius 1 is 1.32 bits per heavy atom. The molecular formula is C20H27N3O5. The number of fused-ring (bicyclic) bond motifs is 1. The number of carbonyl (C=O) groups excluding carboxylic acids is 2. The molecule has 1 aliphatic heterocycles. The molecule has 1 amide bonds. The number of hydrogen-bond donors (Lipinski definition) is 1. The van der Waals surface area contributed by atoms with Gasteiger partial charge in [0.25, 0.3) is 11.6 Å². The van der Waals surface area contributed by atoms with Crippen LogP contribution in [0.2, 0.25) is 0 Å². The first-order valence-corrected chi connectivity index (χ1v) is 9.77. The van der Waals surface area contributed by atoms with Crippen LogP contribution in [0, 0.1) is 22.0 Å². The van der Waals surface area contributed by atoms with E-state index in [9.17, 15) is 19.7 Å². The maximum Gasteiger partial charge on any atom is 0.328 e. The van der Waals surface area contributed by atoms with Crippen LogP contribution in [-0.4, -0.2) is 42.5 Å². The molecule has 1 N–H and O–H groups in total. The Morgan fingerprint density at radius 3 is 2.71 bits per heavy atom. The lowest BCUT2D eigenvalue weighted by molar-refractivity contribution is -0.384. The van der Waals surface area contributed by atoms with Crippen molar-refractivity contribution in [3.63, 3.8) is 0 Å². The number of ether oxygens (including phenoxy) is 1. The van der Waals surface area contributed by atoms with E-state index in [1.807, 2.05) is 0 Å². The molecule has 0 bridgehead atoms. The summed E-state index contributed by atoms with van der Waals surface area (Å²) in [5.41, 5.74) is 0.652. The quantitative estimate of drug-likeness (QED) is 0.472. The molecule has 1 aromatic rings. The zero-order chi connectivity index (χ0) is 20.4. The number of esters is 1. The zero-order valence-electron chi connectivity index (χ0n) is 16.5. The van der Waals surface area contributed by atoms with Crippen LogP contribution in [-0.2, 0) is 9.53 Å². The number of anilines is 1. The maximum atomic E-state index is 12.4. The number of nitro benzene ring substituents is 1. The number of benzene rings is 1. The van der Waals surface area contributed by atoms with Crippen molar-refractivity contribution in [1.82, 2.24) is 5.32 Å². The maximum absolute atomic E-state index is 12.4. The molecule has 28 heavy (non-hydrogen) atoms. The SMILES string of the molecule is COC(=O)C(C)NC(=O)c1ccc(N2CC(C)C3CCCCC32)c([N+](=O)[O-])c1. The van der Waals surface area contributed by atoms with E-state index in [1.165, 1.54) is 32.9 Å². The standard InChI is InChI=1S/C20H27N3O5/c1-12-11-22(16-7-5-4-6-15(12)16)17-9-8-14(10-18(17)23(26)27)19(24)21-13(2)20(25)28-3/h8-10,12-13,15-16H,4-7,11H2,1-3H3,(H,21,24). The van der Waals surface area contributed by atoms with Crippen molar-refractivity contribution >= 4 is 23.3 Å². The van der Waals surface area contributed by atoms with Gasteiger partial charge in [-0.3, -0.25) is 14.9 Å². The van der Waals surface area contributed by atoms with Gasteiger partial charge in [0.1, 0.15) is 11.7 Å². The highest BCUT2D eigenvalue weighted by Crippen LogP contribution is 2.44. The lowest BCUT2D eigenvalue weighted by Gasteiger charge is -2.33. The van der Waals surface area contributed by atoms with E-state index in [2.05, 4.69) is 21.9 Å². The number of carbonyl (C=O) groups is 2. The topological polar surface area (TPSA) is 102 Å². The number of methoxy groups -OCH3 is 1. The van der Waals surface area contributed by atoms with Crippen molar-refractivity contribution in [1.29, 1.82) is 0 Å². The lowest BCUT2D eigenvalue weighted by atomic mass is 9.80. The van der Waals surface area contributed by atoms with E-state index in [-0.39, 0.29) is 11.3 Å². The van der Waals surface area contributed by atoms with Crippen LogP contribution in [0.5, 0.6) is 0 Å². The number of rotatable bonds is 5. The number of nitrogens with zero attached hydrogens (tertiary/aromatic N) is 2. The monoisotopic (exact) mass is 389 g/mol. The lowest BCUT2D eigenvalue weighted by Crippen LogP contribution is -2.39. The third-order valence-electron chi connectivity index (χ3n) is 6.04. The summed E-state index contributed by atoms with van der Waals surface area (Å²) in [5.74, 6) is -0.0576. The van der Waals surface area contributed by atoms with Gasteiger partial charge in [0.15, 0.2) is 0 Å². The molecule has 8 heteroatoms. The van der Waals surface area contributed by atoms with E-state index < -0.39 is 22.8 Å². The van der Waals surface area contributed by atoms with E-state index in [1.54, 1.807) is 12.1 Å². The second-order valence-electron chi connectivity index (χ2n) is 7.82. The largest absolute Gasteiger partial charge is 0.467 e. The zero-order valence-corrected chi connectivity index (χ0v) is 16.5. The Hall–Kier alpha value is -2.64. The van der Waals surface area contributed by atoms with Crippen LogP contribution in [0.1, 0.15) is 49.9 Å². The van der Waals surface area contributed by atoms with Crippen molar-refractivity contribution in [3.8, 4) is 0 Å². The van der Waals surface area contributed by atoms with Gasteiger partial charge < -0.3 is 15.0 Å². The predicted molar refractivity (Wildman–Crippen MR) is 104 cm³/mol. The number of hydrogen-bond acceptors (Lipinski definition) is 6. The van der Waals surface area contributed by atoms with Crippen molar-refractivity contribution in [3.05, 3.63) is 33.9 Å². The molecule has 8 nitrogen and oxygen atoms in total. The van der Waals surface area contributed by atoms with E-state index >= 15 is 0 Å². The first-order valence-electron chi connectivity index (χ1n) is 9.77. The van der Waals surface area contributed by atoms with Gasteiger partial charge in [0, 0.05) is 24.2 Å². The van der Waals surface area contributed by atoms with Crippen LogP contribution < -0.4 is 10.2 Å². The Bertz CT molecular complexity index is 781. The fourth-order valence-electron chi connectivity index (χ4n) is 4.62. The van der Waals surface area contributed by atoms with Gasteiger partial charge in [-0.25, -0.2) is 4.79 Å². The van der Waals surface area contributed by atoms with Crippen LogP contribution >= 0.6 is 0 Å². The van der Waals surface area contributed by atoms with Gasteiger partial charge in [0.05, 0.1) is 12.0 Å². The smallest absolute Gasteiger partial charge is 0.328 e. The number of nitrogens with one attached hydrogen (secondary N) is 1. The van der Waals surface area contributed by atoms with Crippen LogP contribution in [0.15, 0.2) is 18.2 Å². The van der Waals surface area contributed by atoms with Crippen molar-refractivity contribution in [2.75, 3.05) is 18.6 Å². The minimum atomic E-state index is -0.835. The molecule has 1 heterocycles. The Balaban J connectivity index is 1.87. The average molecular weight is 389 g/mol. The molecule has 4 atom stereocenters. The van der Waals surface area contributed by atoms with Gasteiger partial charge in [-0.05, 0) is 43.7 Å². The second kappa shape index (κ2) is 8.16. The minimum Gasteiger partial charge on any atom is -0.467 e. The Morgan fingerprint density at radius 2 is 2.04 bits per heavy atom. The summed E-state index contributed by atoms with van der Waals surface area (Å²) in [7, 11) is 1.24. The highest BCUT2D eigenvalue weighted by Gasteiger charge is 2.42. The molecular weight excluding hydrogens is 362 g/mol. The van der Waals surface area contributed by atoms with Crippen molar-refractivity contribution in [2.24, 2.45) is 11.8 Å². The predicted octanol–water partition coefficient (Wildman–Crippen LogP) is 2.90. The third kappa shape index (κ3) is 3.81. The van der Waals surface area contributed by atoms with Crippen LogP contribution in [0.3, 0.4) is 0 Å². The highest BCUT2D eigenvalue weighted by molar-refractivity contribution is 5.98. The van der Waals surface area contributed by atoms with Gasteiger partial charge in [0.2, 0.25) is 0 Å². The van der Waals surface area contributed by atoms with Crippen LogP contribution in [0.25, 0.3) is 0 Å². The van der Waals surface area contributed by atoms with E-state index in [4.69, 9.17) is 0 Å². The Kier molecular flexibility index (Phi) is 5.86. The summed E-state index contributed by atoms with van der Waals surface area (Å²) in [5, 5.41) is 14.2. The summed E-state index contributed by atoms with van der Waals surface area (Å²) >= 11 is 0. The molecule has 0 radical (unpaired) electrons. The second-order valence-corrected chi connectivity index (χ2v) is 7.82. The number of amides is 1. The average Bonchev–Trinajstić information content (AvgIpc) is 3.03. The van der Waals surface area contributed by atoms with Gasteiger partial charge in [-0.15, -0.1) is 0 Å². The normalized spacial score (nSPS) is 25.0. The fraction of sp³-hybridized carbons (Fsp3) is 0.600. The van der Waals surface area contributed by atoms with Crippen LogP contribution in [0.4, 0.5) is 11.4 Å². The molecule has 1 aliphatic carbocycles. The Labute approximate surface area is 164 Å². The van der Waals surface area contributed by atoms with Gasteiger partial charge >= 0.3 is 5.97 Å². The van der Waals surface area contributed by atoms with E-state index in [0.717, 1.165) is 19.4 Å².